The fourth-order valence-corrected chi connectivity index (χ4v) is 3.35. The predicted molar refractivity (Wildman–Crippen MR) is 91.1 cm³/mol. The molecule has 0 saturated carbocycles. The zero-order valence-electron chi connectivity index (χ0n) is 13.0. The third-order valence-corrected chi connectivity index (χ3v) is 4.99. The summed E-state index contributed by atoms with van der Waals surface area (Å²) in [6.45, 7) is 1.87. The van der Waals surface area contributed by atoms with Crippen molar-refractivity contribution in [2.45, 2.75) is 16.7 Å². The minimum atomic E-state index is -4.03. The van der Waals surface area contributed by atoms with Crippen LogP contribution in [-0.2, 0) is 14.8 Å². The van der Waals surface area contributed by atoms with E-state index in [-0.39, 0.29) is 22.8 Å². The maximum Gasteiger partial charge on any atom is 0.338 e. The van der Waals surface area contributed by atoms with Gasteiger partial charge in [0, 0.05) is 4.90 Å². The molecule has 2 aromatic carbocycles. The van der Waals surface area contributed by atoms with Crippen molar-refractivity contribution in [1.82, 2.24) is 0 Å². The molecule has 2 aromatic rings. The Morgan fingerprint density at radius 1 is 1.28 bits per heavy atom. The lowest BCUT2D eigenvalue weighted by molar-refractivity contribution is 0.0526. The number of nitrogens with zero attached hydrogens (tertiary/aromatic N) is 1. The van der Waals surface area contributed by atoms with Crippen LogP contribution in [0.2, 0.25) is 0 Å². The summed E-state index contributed by atoms with van der Waals surface area (Å²) in [5.41, 5.74) is -0.0263. The molecule has 2 rings (SSSR count). The molecule has 6 nitrogen and oxygen atoms in total. The second kappa shape index (κ2) is 8.00. The van der Waals surface area contributed by atoms with Gasteiger partial charge in [-0.15, -0.1) is 0 Å². The first-order valence-electron chi connectivity index (χ1n) is 7.03. The molecule has 0 saturated heterocycles. The molecule has 9 heteroatoms. The number of thioether (sulfide) groups is 1. The second-order valence-electron chi connectivity index (χ2n) is 4.69. The van der Waals surface area contributed by atoms with Crippen molar-refractivity contribution in [1.29, 1.82) is 5.26 Å². The lowest BCUT2D eigenvalue weighted by atomic mass is 10.2. The van der Waals surface area contributed by atoms with Gasteiger partial charge in [0.25, 0.3) is 10.0 Å². The van der Waals surface area contributed by atoms with Gasteiger partial charge in [0.2, 0.25) is 0 Å². The Morgan fingerprint density at radius 3 is 2.52 bits per heavy atom. The number of nitrogens with one attached hydrogen (secondary N) is 1. The summed E-state index contributed by atoms with van der Waals surface area (Å²) in [4.78, 5) is 11.8. The molecule has 0 bridgehead atoms. The number of halogens is 1. The van der Waals surface area contributed by atoms with Gasteiger partial charge in [-0.25, -0.2) is 17.6 Å². The summed E-state index contributed by atoms with van der Waals surface area (Å²) in [5, 5.41) is 10.4. The van der Waals surface area contributed by atoms with Gasteiger partial charge in [-0.3, -0.25) is 4.72 Å². The van der Waals surface area contributed by atoms with E-state index in [1.54, 1.807) is 12.3 Å². The third kappa shape index (κ3) is 4.71. The van der Waals surface area contributed by atoms with Crippen LogP contribution in [0.3, 0.4) is 0 Å². The molecule has 0 heterocycles. The number of ether oxygens (including phenoxy) is 1. The van der Waals surface area contributed by atoms with Crippen LogP contribution in [-0.4, -0.2) is 21.0 Å². The first-order valence-corrected chi connectivity index (χ1v) is 9.33. The standard InChI is InChI=1S/C16H13FN2O4S2/c1-2-23-16(20)11-3-6-13(7-4-11)25(21,22)19-15-8-5-12(24-10-18)9-14(15)17/h3-9,19H,2H2,1H3. The van der Waals surface area contributed by atoms with E-state index in [4.69, 9.17) is 10.00 Å². The van der Waals surface area contributed by atoms with Crippen molar-refractivity contribution < 1.29 is 22.3 Å². The first-order chi connectivity index (χ1) is 11.9. The molecule has 0 aliphatic carbocycles. The number of rotatable bonds is 6. The summed E-state index contributed by atoms with van der Waals surface area (Å²) < 4.78 is 45.6. The van der Waals surface area contributed by atoms with Crippen molar-refractivity contribution in [2.75, 3.05) is 11.3 Å². The van der Waals surface area contributed by atoms with Crippen molar-refractivity contribution in [2.24, 2.45) is 0 Å². The molecule has 0 aromatic heterocycles. The van der Waals surface area contributed by atoms with Gasteiger partial charge < -0.3 is 4.74 Å². The van der Waals surface area contributed by atoms with Crippen LogP contribution < -0.4 is 4.72 Å². The van der Waals surface area contributed by atoms with Crippen LogP contribution in [0.4, 0.5) is 10.1 Å². The topological polar surface area (TPSA) is 96.3 Å². The maximum atomic E-state index is 14.0. The Morgan fingerprint density at radius 2 is 1.96 bits per heavy atom. The van der Waals surface area contributed by atoms with Gasteiger partial charge >= 0.3 is 5.97 Å². The normalized spacial score (nSPS) is 10.8. The fourth-order valence-electron chi connectivity index (χ4n) is 1.88. The summed E-state index contributed by atoms with van der Waals surface area (Å²) in [6.07, 6.45) is 0. The Balaban J connectivity index is 2.22. The van der Waals surface area contributed by atoms with Crippen molar-refractivity contribution in [3.8, 4) is 5.40 Å². The van der Waals surface area contributed by atoms with Gasteiger partial charge in [-0.05, 0) is 61.2 Å². The van der Waals surface area contributed by atoms with Crippen molar-refractivity contribution >= 4 is 33.4 Å². The molecule has 25 heavy (non-hydrogen) atoms. The van der Waals surface area contributed by atoms with Crippen LogP contribution in [0.5, 0.6) is 0 Å². The molecular formula is C16H13FN2O4S2. The summed E-state index contributed by atoms with van der Waals surface area (Å²) in [6, 6.07) is 8.82. The lowest BCUT2D eigenvalue weighted by Gasteiger charge is -2.10. The number of sulfonamides is 1. The molecule has 0 aliphatic heterocycles. The summed E-state index contributed by atoms with van der Waals surface area (Å²) in [5.74, 6) is -1.36. The smallest absolute Gasteiger partial charge is 0.338 e. The highest BCUT2D eigenvalue weighted by Gasteiger charge is 2.17. The third-order valence-electron chi connectivity index (χ3n) is 3.02. The Bertz CT molecular complexity index is 922. The number of nitriles is 1. The van der Waals surface area contributed by atoms with Crippen LogP contribution in [0, 0.1) is 16.5 Å². The minimum Gasteiger partial charge on any atom is -0.462 e. The summed E-state index contributed by atoms with van der Waals surface area (Å²) >= 11 is 0.765. The van der Waals surface area contributed by atoms with Crippen LogP contribution in [0.1, 0.15) is 17.3 Å². The highest BCUT2D eigenvalue weighted by molar-refractivity contribution is 8.03. The zero-order chi connectivity index (χ0) is 18.4. The Hall–Kier alpha value is -2.57. The first kappa shape index (κ1) is 18.8. The summed E-state index contributed by atoms with van der Waals surface area (Å²) in [7, 11) is -4.03. The van der Waals surface area contributed by atoms with Gasteiger partial charge in [0.15, 0.2) is 0 Å². The highest BCUT2D eigenvalue weighted by atomic mass is 32.2. The molecular weight excluding hydrogens is 367 g/mol. The monoisotopic (exact) mass is 380 g/mol. The van der Waals surface area contributed by atoms with E-state index in [2.05, 4.69) is 4.72 Å². The number of carbonyl (C=O) groups is 1. The number of thiocyanates is 1. The second-order valence-corrected chi connectivity index (χ2v) is 7.23. The Kier molecular flexibility index (Phi) is 6.01. The largest absolute Gasteiger partial charge is 0.462 e. The van der Waals surface area contributed by atoms with Crippen LogP contribution >= 0.6 is 11.8 Å². The van der Waals surface area contributed by atoms with E-state index in [1.807, 2.05) is 0 Å². The van der Waals surface area contributed by atoms with E-state index >= 15 is 0 Å². The molecule has 0 spiro atoms. The van der Waals surface area contributed by atoms with E-state index in [0.717, 1.165) is 17.8 Å². The Labute approximate surface area is 148 Å². The fraction of sp³-hybridized carbons (Fsp3) is 0.125. The number of esters is 1. The van der Waals surface area contributed by atoms with E-state index in [0.29, 0.717) is 4.90 Å². The quantitative estimate of drug-likeness (QED) is 0.469. The average molecular weight is 380 g/mol. The minimum absolute atomic E-state index is 0.129. The zero-order valence-corrected chi connectivity index (χ0v) is 14.7. The number of benzene rings is 2. The van der Waals surface area contributed by atoms with Gasteiger partial charge in [0.05, 0.1) is 22.8 Å². The molecule has 0 fully saturated rings. The number of anilines is 1. The SMILES string of the molecule is CCOC(=O)c1ccc(S(=O)(=O)Nc2ccc(SC#N)cc2F)cc1. The molecule has 0 aliphatic rings. The number of carbonyl (C=O) groups excluding carboxylic acids is 1. The van der Waals surface area contributed by atoms with Gasteiger partial charge in [-0.2, -0.15) is 5.26 Å². The van der Waals surface area contributed by atoms with Crippen LogP contribution in [0.15, 0.2) is 52.3 Å². The van der Waals surface area contributed by atoms with E-state index in [1.165, 1.54) is 36.4 Å². The lowest BCUT2D eigenvalue weighted by Crippen LogP contribution is -2.14. The highest BCUT2D eigenvalue weighted by Crippen LogP contribution is 2.25. The van der Waals surface area contributed by atoms with E-state index < -0.39 is 21.8 Å². The number of hydrogen-bond donors (Lipinski definition) is 1. The molecule has 0 unspecified atom stereocenters. The maximum absolute atomic E-state index is 14.0. The van der Waals surface area contributed by atoms with E-state index in [9.17, 15) is 17.6 Å². The van der Waals surface area contributed by atoms with Gasteiger partial charge in [-0.1, -0.05) is 0 Å². The molecule has 0 amide bonds. The van der Waals surface area contributed by atoms with Crippen LogP contribution in [0.25, 0.3) is 0 Å². The predicted octanol–water partition coefficient (Wildman–Crippen LogP) is 3.38. The number of hydrogen-bond acceptors (Lipinski definition) is 6. The molecule has 130 valence electrons. The molecule has 0 atom stereocenters. The molecule has 1 N–H and O–H groups in total. The molecule has 0 radical (unpaired) electrons. The van der Waals surface area contributed by atoms with Crippen molar-refractivity contribution in [3.63, 3.8) is 0 Å². The van der Waals surface area contributed by atoms with Crippen molar-refractivity contribution in [3.05, 3.63) is 53.8 Å². The average Bonchev–Trinajstić information content (AvgIpc) is 2.58. The van der Waals surface area contributed by atoms with Gasteiger partial charge in [0.1, 0.15) is 11.2 Å².